The molecule has 2 aromatic carbocycles. The predicted molar refractivity (Wildman–Crippen MR) is 170 cm³/mol. The summed E-state index contributed by atoms with van der Waals surface area (Å²) < 4.78 is 1.68. The summed E-state index contributed by atoms with van der Waals surface area (Å²) in [7, 11) is 2.16. The molecule has 0 aliphatic carbocycles. The van der Waals surface area contributed by atoms with Gasteiger partial charge in [0.2, 0.25) is 5.95 Å². The van der Waals surface area contributed by atoms with Gasteiger partial charge in [0.15, 0.2) is 0 Å². The minimum atomic E-state index is -0.128. The summed E-state index contributed by atoms with van der Waals surface area (Å²) in [5.74, 6) is 0.447. The highest BCUT2D eigenvalue weighted by Crippen LogP contribution is 2.33. The third-order valence-electron chi connectivity index (χ3n) is 7.20. The average Bonchev–Trinajstić information content (AvgIpc) is 3.49. The number of benzene rings is 2. The highest BCUT2D eigenvalue weighted by atomic mass is 35.5. The quantitative estimate of drug-likeness (QED) is 0.234. The highest BCUT2D eigenvalue weighted by molar-refractivity contribution is 7.13. The Hall–Kier alpha value is -3.43. The van der Waals surface area contributed by atoms with Crippen LogP contribution in [0.2, 0.25) is 5.02 Å². The second-order valence-corrected chi connectivity index (χ2v) is 11.1. The Kier molecular flexibility index (Phi) is 8.42. The van der Waals surface area contributed by atoms with Gasteiger partial charge in [0.05, 0.1) is 0 Å². The Morgan fingerprint density at radius 1 is 1.00 bits per heavy atom. The first-order chi connectivity index (χ1) is 19.0. The maximum Gasteiger partial charge on any atom is 0.260 e. The minimum absolute atomic E-state index is 0. The van der Waals surface area contributed by atoms with E-state index in [1.807, 2.05) is 54.8 Å². The topological polar surface area (TPSA) is 66.3 Å². The Labute approximate surface area is 248 Å². The van der Waals surface area contributed by atoms with Crippen LogP contribution in [0.3, 0.4) is 0 Å². The van der Waals surface area contributed by atoms with Crippen LogP contribution in [0.15, 0.2) is 77.0 Å². The summed E-state index contributed by atoms with van der Waals surface area (Å²) in [6, 6.07) is 20.1. The molecule has 0 spiro atoms. The van der Waals surface area contributed by atoms with Gasteiger partial charge in [-0.15, -0.1) is 23.7 Å². The van der Waals surface area contributed by atoms with Gasteiger partial charge in [-0.2, -0.15) is 4.98 Å². The fourth-order valence-electron chi connectivity index (χ4n) is 4.98. The number of anilines is 3. The number of aryl methyl sites for hydroxylation is 1. The Morgan fingerprint density at radius 2 is 1.77 bits per heavy atom. The number of rotatable bonds is 6. The molecule has 0 radical (unpaired) electrons. The minimum Gasteiger partial charge on any atom is -0.369 e. The summed E-state index contributed by atoms with van der Waals surface area (Å²) in [5, 5.41) is 6.65. The number of aromatic nitrogens is 3. The van der Waals surface area contributed by atoms with E-state index in [1.54, 1.807) is 22.1 Å². The van der Waals surface area contributed by atoms with Crippen LogP contribution in [0, 0.1) is 0 Å². The SMILES string of the molecule is CCn1c(=O)c(-c2ccc(-c3cccs3)cc2Cl)cc2cnc(Nc3ccc(N4CCN(C)CC4)cc3)nc21.Cl. The van der Waals surface area contributed by atoms with E-state index in [9.17, 15) is 4.79 Å². The molecule has 40 heavy (non-hydrogen) atoms. The number of fused-ring (bicyclic) bond motifs is 1. The van der Waals surface area contributed by atoms with Crippen LogP contribution < -0.4 is 15.8 Å². The second-order valence-electron chi connectivity index (χ2n) is 9.71. The molecule has 0 saturated carbocycles. The van der Waals surface area contributed by atoms with E-state index in [2.05, 4.69) is 45.3 Å². The van der Waals surface area contributed by atoms with Crippen LogP contribution >= 0.6 is 35.3 Å². The van der Waals surface area contributed by atoms with Crippen molar-refractivity contribution in [2.24, 2.45) is 0 Å². The highest BCUT2D eigenvalue weighted by Gasteiger charge is 2.17. The Bertz CT molecular complexity index is 1680. The summed E-state index contributed by atoms with van der Waals surface area (Å²) in [6.07, 6.45) is 1.76. The van der Waals surface area contributed by atoms with Gasteiger partial charge < -0.3 is 15.1 Å². The summed E-state index contributed by atoms with van der Waals surface area (Å²) >= 11 is 8.35. The standard InChI is InChI=1S/C30H29ClN6OS.ClH/c1-3-37-28-21(17-25(29(37)38)24-11-6-20(18-26(24)31)27-5-4-16-39-27)19-32-30(34-28)33-22-7-9-23(10-8-22)36-14-12-35(2)13-15-36;/h4-11,16-19H,3,12-15H2,1-2H3,(H,32,33,34);1H. The molecule has 4 heterocycles. The van der Waals surface area contributed by atoms with Gasteiger partial charge in [-0.05, 0) is 67.4 Å². The zero-order valence-corrected chi connectivity index (χ0v) is 24.7. The molecular weight excluding hydrogens is 563 g/mol. The lowest BCUT2D eigenvalue weighted by molar-refractivity contribution is 0.313. The third-order valence-corrected chi connectivity index (χ3v) is 8.43. The van der Waals surface area contributed by atoms with E-state index < -0.39 is 0 Å². The Balaban J connectivity index is 0.00000323. The number of likely N-dealkylation sites (N-methyl/N-ethyl adjacent to an activating group) is 1. The zero-order valence-electron chi connectivity index (χ0n) is 22.3. The molecule has 1 aliphatic rings. The van der Waals surface area contributed by atoms with Gasteiger partial charge in [-0.25, -0.2) is 4.98 Å². The van der Waals surface area contributed by atoms with Gasteiger partial charge in [0.1, 0.15) is 5.65 Å². The first-order valence-electron chi connectivity index (χ1n) is 13.0. The first kappa shape index (κ1) is 28.1. The van der Waals surface area contributed by atoms with E-state index >= 15 is 0 Å². The second kappa shape index (κ2) is 12.0. The number of piperazine rings is 1. The van der Waals surface area contributed by atoms with Crippen molar-refractivity contribution in [1.29, 1.82) is 0 Å². The maximum atomic E-state index is 13.6. The zero-order chi connectivity index (χ0) is 26.9. The molecule has 0 amide bonds. The fraction of sp³-hybridized carbons (Fsp3) is 0.233. The van der Waals surface area contributed by atoms with Crippen molar-refractivity contribution in [3.8, 4) is 21.6 Å². The lowest BCUT2D eigenvalue weighted by Gasteiger charge is -2.34. The summed E-state index contributed by atoms with van der Waals surface area (Å²) in [5.41, 5.74) is 4.84. The van der Waals surface area contributed by atoms with Gasteiger partial charge in [-0.3, -0.25) is 9.36 Å². The molecular formula is C30H30Cl2N6OS. The molecule has 5 aromatic rings. The lowest BCUT2D eigenvalue weighted by Crippen LogP contribution is -2.44. The number of hydrogen-bond acceptors (Lipinski definition) is 7. The smallest absolute Gasteiger partial charge is 0.260 e. The van der Waals surface area contributed by atoms with Gasteiger partial charge in [0.25, 0.3) is 5.56 Å². The number of nitrogens with zero attached hydrogens (tertiary/aromatic N) is 5. The van der Waals surface area contributed by atoms with Crippen LogP contribution in [0.25, 0.3) is 32.6 Å². The van der Waals surface area contributed by atoms with Crippen molar-refractivity contribution in [2.45, 2.75) is 13.5 Å². The van der Waals surface area contributed by atoms with Gasteiger partial charge in [-0.1, -0.05) is 29.8 Å². The molecule has 7 nitrogen and oxygen atoms in total. The number of nitrogens with one attached hydrogen (secondary N) is 1. The van der Waals surface area contributed by atoms with Crippen molar-refractivity contribution in [2.75, 3.05) is 43.4 Å². The summed E-state index contributed by atoms with van der Waals surface area (Å²) in [4.78, 5) is 28.7. The summed E-state index contributed by atoms with van der Waals surface area (Å²) in [6.45, 7) is 6.61. The monoisotopic (exact) mass is 592 g/mol. The molecule has 1 fully saturated rings. The van der Waals surface area contributed by atoms with E-state index in [4.69, 9.17) is 16.6 Å². The maximum absolute atomic E-state index is 13.6. The van der Waals surface area contributed by atoms with Crippen LogP contribution in [0.1, 0.15) is 6.92 Å². The molecule has 1 saturated heterocycles. The fourth-order valence-corrected chi connectivity index (χ4v) is 5.99. The van der Waals surface area contributed by atoms with Crippen LogP contribution in [-0.4, -0.2) is 52.7 Å². The number of hydrogen-bond donors (Lipinski definition) is 1. The Morgan fingerprint density at radius 3 is 2.45 bits per heavy atom. The largest absolute Gasteiger partial charge is 0.369 e. The van der Waals surface area contributed by atoms with Crippen LogP contribution in [0.5, 0.6) is 0 Å². The van der Waals surface area contributed by atoms with Crippen molar-refractivity contribution >= 4 is 63.7 Å². The van der Waals surface area contributed by atoms with Crippen molar-refractivity contribution in [1.82, 2.24) is 19.4 Å². The number of thiophene rings is 1. The van der Waals surface area contributed by atoms with Crippen molar-refractivity contribution in [3.63, 3.8) is 0 Å². The molecule has 6 rings (SSSR count). The third kappa shape index (κ3) is 5.58. The van der Waals surface area contributed by atoms with Crippen LogP contribution in [-0.2, 0) is 6.54 Å². The van der Waals surface area contributed by atoms with Gasteiger partial charge >= 0.3 is 0 Å². The van der Waals surface area contributed by atoms with Crippen molar-refractivity contribution < 1.29 is 0 Å². The molecule has 10 heteroatoms. The predicted octanol–water partition coefficient (Wildman–Crippen LogP) is 6.78. The molecule has 1 aliphatic heterocycles. The van der Waals surface area contributed by atoms with E-state index in [-0.39, 0.29) is 18.0 Å². The molecule has 0 atom stereocenters. The normalized spacial score (nSPS) is 13.8. The van der Waals surface area contributed by atoms with Gasteiger partial charge in [0, 0.05) is 76.7 Å². The molecule has 0 unspecified atom stereocenters. The first-order valence-corrected chi connectivity index (χ1v) is 14.3. The molecule has 3 aromatic heterocycles. The molecule has 0 bridgehead atoms. The molecule has 206 valence electrons. The van der Waals surface area contributed by atoms with E-state index in [0.29, 0.717) is 34.3 Å². The van der Waals surface area contributed by atoms with E-state index in [0.717, 1.165) is 47.7 Å². The van der Waals surface area contributed by atoms with Crippen molar-refractivity contribution in [3.05, 3.63) is 87.6 Å². The van der Waals surface area contributed by atoms with Crippen LogP contribution in [0.4, 0.5) is 17.3 Å². The van der Waals surface area contributed by atoms with E-state index in [1.165, 1.54) is 5.69 Å². The lowest BCUT2D eigenvalue weighted by atomic mass is 10.0. The molecule has 1 N–H and O–H groups in total. The number of halogens is 2. The average molecular weight is 594 g/mol. The number of pyridine rings is 1.